The van der Waals surface area contributed by atoms with E-state index in [1.54, 1.807) is 13.0 Å². The van der Waals surface area contributed by atoms with Crippen molar-refractivity contribution in [1.29, 1.82) is 0 Å². The Bertz CT molecular complexity index is 426. The highest BCUT2D eigenvalue weighted by Gasteiger charge is 2.25. The summed E-state index contributed by atoms with van der Waals surface area (Å²) in [6.07, 6.45) is 0.0998. The summed E-state index contributed by atoms with van der Waals surface area (Å²) < 4.78 is 26.8. The Kier molecular flexibility index (Phi) is 4.08. The minimum Gasteiger partial charge on any atom is -0.458 e. The largest absolute Gasteiger partial charge is 0.458 e. The molecular weight excluding hydrogens is 231 g/mol. The van der Waals surface area contributed by atoms with E-state index >= 15 is 0 Å². The molecule has 0 saturated carbocycles. The lowest BCUT2D eigenvalue weighted by Gasteiger charge is -2.12. The van der Waals surface area contributed by atoms with Crippen molar-refractivity contribution in [2.45, 2.75) is 20.0 Å². The molecule has 5 nitrogen and oxygen atoms in total. The maximum Gasteiger partial charge on any atom is 0.334 e. The molecule has 90 valence electrons. The van der Waals surface area contributed by atoms with Crippen molar-refractivity contribution in [1.82, 2.24) is 0 Å². The zero-order valence-electron chi connectivity index (χ0n) is 9.77. The van der Waals surface area contributed by atoms with Gasteiger partial charge < -0.3 is 13.5 Å². The molecule has 1 heterocycles. The predicted octanol–water partition coefficient (Wildman–Crippen LogP) is 2.78. The molecule has 0 spiro atoms. The molecule has 0 bridgehead atoms. The van der Waals surface area contributed by atoms with Crippen LogP contribution in [-0.2, 0) is 19.8 Å². The Morgan fingerprint density at radius 1 is 1.44 bits per heavy atom. The number of furan rings is 1. The predicted molar refractivity (Wildman–Crippen MR) is 58.8 cm³/mol. The molecule has 1 aromatic rings. The SMILES string of the molecule is COP(=O)(Cc1cc(C(C)=O)oc1C)OC. The van der Waals surface area contributed by atoms with E-state index in [2.05, 4.69) is 0 Å². The van der Waals surface area contributed by atoms with Gasteiger partial charge in [-0.2, -0.15) is 0 Å². The minimum absolute atomic E-state index is 0.0998. The Balaban J connectivity index is 2.97. The van der Waals surface area contributed by atoms with Gasteiger partial charge in [0.1, 0.15) is 5.76 Å². The third kappa shape index (κ3) is 2.82. The van der Waals surface area contributed by atoms with Gasteiger partial charge in [-0.15, -0.1) is 0 Å². The van der Waals surface area contributed by atoms with E-state index in [1.807, 2.05) is 0 Å². The van der Waals surface area contributed by atoms with E-state index in [-0.39, 0.29) is 17.7 Å². The first kappa shape index (κ1) is 13.2. The van der Waals surface area contributed by atoms with Crippen molar-refractivity contribution in [3.63, 3.8) is 0 Å². The second-order valence-corrected chi connectivity index (χ2v) is 5.65. The van der Waals surface area contributed by atoms with Gasteiger partial charge in [-0.05, 0) is 13.0 Å². The zero-order valence-corrected chi connectivity index (χ0v) is 10.7. The van der Waals surface area contributed by atoms with Crippen LogP contribution in [0.3, 0.4) is 0 Å². The highest BCUT2D eigenvalue weighted by atomic mass is 31.2. The number of Topliss-reactive ketones (excluding diaryl/α,β-unsaturated/α-hetero) is 1. The fourth-order valence-electron chi connectivity index (χ4n) is 1.26. The molecule has 0 fully saturated rings. The van der Waals surface area contributed by atoms with Crippen LogP contribution in [0, 0.1) is 6.92 Å². The van der Waals surface area contributed by atoms with Crippen LogP contribution in [0.15, 0.2) is 10.5 Å². The zero-order chi connectivity index (χ0) is 12.3. The first-order chi connectivity index (χ1) is 7.41. The lowest BCUT2D eigenvalue weighted by Crippen LogP contribution is -1.93. The number of rotatable bonds is 5. The van der Waals surface area contributed by atoms with Crippen molar-refractivity contribution in [3.05, 3.63) is 23.2 Å². The smallest absolute Gasteiger partial charge is 0.334 e. The van der Waals surface area contributed by atoms with Crippen LogP contribution in [0.25, 0.3) is 0 Å². The number of ketones is 1. The second-order valence-electron chi connectivity index (χ2n) is 3.38. The average molecular weight is 246 g/mol. The fraction of sp³-hybridized carbons (Fsp3) is 0.500. The average Bonchev–Trinajstić information content (AvgIpc) is 2.60. The molecule has 1 rings (SSSR count). The van der Waals surface area contributed by atoms with Gasteiger partial charge in [-0.1, -0.05) is 0 Å². The van der Waals surface area contributed by atoms with Gasteiger partial charge in [0.15, 0.2) is 11.5 Å². The Labute approximate surface area is 94.3 Å². The molecule has 0 radical (unpaired) electrons. The maximum absolute atomic E-state index is 11.9. The van der Waals surface area contributed by atoms with Crippen molar-refractivity contribution in [2.24, 2.45) is 0 Å². The standard InChI is InChI=1S/C10H15O5P/c1-7(11)10-5-9(8(2)15-10)6-16(12,13-3)14-4/h5H,6H2,1-4H3. The summed E-state index contributed by atoms with van der Waals surface area (Å²) >= 11 is 0. The Morgan fingerprint density at radius 3 is 2.38 bits per heavy atom. The van der Waals surface area contributed by atoms with Crippen molar-refractivity contribution in [3.8, 4) is 0 Å². The number of aryl methyl sites for hydroxylation is 1. The van der Waals surface area contributed by atoms with Crippen LogP contribution < -0.4 is 0 Å². The van der Waals surface area contributed by atoms with Crippen LogP contribution in [0.5, 0.6) is 0 Å². The number of carbonyl (C=O) groups excluding carboxylic acids is 1. The highest BCUT2D eigenvalue weighted by molar-refractivity contribution is 7.52. The van der Waals surface area contributed by atoms with Crippen LogP contribution in [0.2, 0.25) is 0 Å². The molecule has 0 aliphatic rings. The number of carbonyl (C=O) groups is 1. The van der Waals surface area contributed by atoms with E-state index in [4.69, 9.17) is 13.5 Å². The van der Waals surface area contributed by atoms with Crippen LogP contribution in [-0.4, -0.2) is 20.0 Å². The van der Waals surface area contributed by atoms with Gasteiger partial charge in [0.25, 0.3) is 0 Å². The molecule has 0 amide bonds. The lowest BCUT2D eigenvalue weighted by atomic mass is 10.2. The monoisotopic (exact) mass is 246 g/mol. The molecule has 0 saturated heterocycles. The summed E-state index contributed by atoms with van der Waals surface area (Å²) in [7, 11) is -0.468. The van der Waals surface area contributed by atoms with Gasteiger partial charge in [0.05, 0.1) is 6.16 Å². The summed E-state index contributed by atoms with van der Waals surface area (Å²) in [6, 6.07) is 1.57. The number of hydrogen-bond acceptors (Lipinski definition) is 5. The molecule has 0 aliphatic carbocycles. The first-order valence-electron chi connectivity index (χ1n) is 4.72. The summed E-state index contributed by atoms with van der Waals surface area (Å²) in [5, 5.41) is 0. The maximum atomic E-state index is 11.9. The van der Waals surface area contributed by atoms with Crippen LogP contribution >= 0.6 is 7.60 Å². The molecular formula is C10H15O5P. The van der Waals surface area contributed by atoms with Crippen LogP contribution in [0.1, 0.15) is 28.8 Å². The van der Waals surface area contributed by atoms with Gasteiger partial charge in [0.2, 0.25) is 0 Å². The van der Waals surface area contributed by atoms with Gasteiger partial charge >= 0.3 is 7.60 Å². The van der Waals surface area contributed by atoms with Crippen molar-refractivity contribution < 1.29 is 22.8 Å². The first-order valence-corrected chi connectivity index (χ1v) is 6.45. The van der Waals surface area contributed by atoms with Crippen molar-refractivity contribution in [2.75, 3.05) is 14.2 Å². The third-order valence-electron chi connectivity index (χ3n) is 2.29. The molecule has 0 unspecified atom stereocenters. The summed E-state index contributed by atoms with van der Waals surface area (Å²) in [5.41, 5.74) is 0.664. The molecule has 0 N–H and O–H groups in total. The van der Waals surface area contributed by atoms with Crippen LogP contribution in [0.4, 0.5) is 0 Å². The second kappa shape index (κ2) is 4.95. The molecule has 0 atom stereocenters. The molecule has 6 heteroatoms. The van der Waals surface area contributed by atoms with E-state index in [0.717, 1.165) is 0 Å². The third-order valence-corrected chi connectivity index (χ3v) is 4.13. The van der Waals surface area contributed by atoms with Gasteiger partial charge in [-0.3, -0.25) is 9.36 Å². The van der Waals surface area contributed by atoms with E-state index < -0.39 is 7.60 Å². The number of hydrogen-bond donors (Lipinski definition) is 0. The summed E-state index contributed by atoms with van der Waals surface area (Å²) in [4.78, 5) is 11.1. The van der Waals surface area contributed by atoms with Gasteiger partial charge in [0, 0.05) is 26.7 Å². The minimum atomic E-state index is -3.12. The lowest BCUT2D eigenvalue weighted by molar-refractivity contribution is 0.0986. The van der Waals surface area contributed by atoms with E-state index in [1.165, 1.54) is 21.1 Å². The molecule has 1 aromatic heterocycles. The Morgan fingerprint density at radius 2 is 2.00 bits per heavy atom. The molecule has 0 aromatic carbocycles. The normalized spacial score (nSPS) is 11.8. The summed E-state index contributed by atoms with van der Waals surface area (Å²) in [5.74, 6) is 0.643. The highest BCUT2D eigenvalue weighted by Crippen LogP contribution is 2.50. The van der Waals surface area contributed by atoms with Crippen molar-refractivity contribution >= 4 is 13.4 Å². The topological polar surface area (TPSA) is 65.7 Å². The summed E-state index contributed by atoms with van der Waals surface area (Å²) in [6.45, 7) is 3.12. The quantitative estimate of drug-likeness (QED) is 0.590. The van der Waals surface area contributed by atoms with Gasteiger partial charge in [-0.25, -0.2) is 0 Å². The van der Waals surface area contributed by atoms with E-state index in [0.29, 0.717) is 11.3 Å². The fourth-order valence-corrected chi connectivity index (χ4v) is 2.40. The van der Waals surface area contributed by atoms with E-state index in [9.17, 15) is 9.36 Å². The molecule has 0 aliphatic heterocycles. The Hall–Kier alpha value is -0.900. The molecule has 16 heavy (non-hydrogen) atoms.